The molecular formula is C19H17N3O2S. The predicted octanol–water partition coefficient (Wildman–Crippen LogP) is 3.70. The van der Waals surface area contributed by atoms with Crippen LogP contribution in [0.4, 0.5) is 5.69 Å². The first-order chi connectivity index (χ1) is 12.1. The van der Waals surface area contributed by atoms with E-state index >= 15 is 0 Å². The van der Waals surface area contributed by atoms with Crippen molar-refractivity contribution in [1.82, 2.24) is 10.3 Å². The maximum atomic E-state index is 12.3. The first-order valence-corrected chi connectivity index (χ1v) is 8.64. The SMILES string of the molecule is CC(=O)NCc1ccc(C(=O)Nc2ccc(-c3nccs3)cc2)cc1. The van der Waals surface area contributed by atoms with Crippen molar-refractivity contribution < 1.29 is 9.59 Å². The van der Waals surface area contributed by atoms with E-state index in [-0.39, 0.29) is 11.8 Å². The lowest BCUT2D eigenvalue weighted by Gasteiger charge is -2.07. The number of carbonyl (C=O) groups is 2. The molecule has 0 aliphatic carbocycles. The number of nitrogens with zero attached hydrogens (tertiary/aromatic N) is 1. The zero-order valence-corrected chi connectivity index (χ0v) is 14.5. The molecule has 2 N–H and O–H groups in total. The standard InChI is InChI=1S/C19H17N3O2S/c1-13(23)21-12-14-2-4-15(5-3-14)18(24)22-17-8-6-16(7-9-17)19-20-10-11-25-19/h2-11H,12H2,1H3,(H,21,23)(H,22,24). The van der Waals surface area contributed by atoms with Gasteiger partial charge in [-0.3, -0.25) is 9.59 Å². The van der Waals surface area contributed by atoms with Gasteiger partial charge in [0.15, 0.2) is 0 Å². The molecule has 25 heavy (non-hydrogen) atoms. The monoisotopic (exact) mass is 351 g/mol. The van der Waals surface area contributed by atoms with Crippen LogP contribution < -0.4 is 10.6 Å². The van der Waals surface area contributed by atoms with Crippen LogP contribution in [0.25, 0.3) is 10.6 Å². The third kappa shape index (κ3) is 4.51. The summed E-state index contributed by atoms with van der Waals surface area (Å²) in [7, 11) is 0. The molecule has 3 aromatic rings. The summed E-state index contributed by atoms with van der Waals surface area (Å²) in [4.78, 5) is 27.5. The molecule has 5 nitrogen and oxygen atoms in total. The van der Waals surface area contributed by atoms with Gasteiger partial charge in [0.05, 0.1) is 0 Å². The molecule has 0 saturated carbocycles. The van der Waals surface area contributed by atoms with Crippen molar-refractivity contribution in [1.29, 1.82) is 0 Å². The van der Waals surface area contributed by atoms with Crippen molar-refractivity contribution in [2.24, 2.45) is 0 Å². The Morgan fingerprint density at radius 2 is 1.76 bits per heavy atom. The Morgan fingerprint density at radius 3 is 2.36 bits per heavy atom. The van der Waals surface area contributed by atoms with E-state index in [1.807, 2.05) is 41.8 Å². The van der Waals surface area contributed by atoms with Gasteiger partial charge in [0, 0.05) is 41.9 Å². The highest BCUT2D eigenvalue weighted by Gasteiger charge is 2.07. The molecule has 3 rings (SSSR count). The maximum Gasteiger partial charge on any atom is 0.255 e. The molecule has 0 unspecified atom stereocenters. The van der Waals surface area contributed by atoms with Crippen LogP contribution in [-0.4, -0.2) is 16.8 Å². The Hall–Kier alpha value is -2.99. The Bertz CT molecular complexity index is 857. The summed E-state index contributed by atoms with van der Waals surface area (Å²) in [5.74, 6) is -0.254. The van der Waals surface area contributed by atoms with E-state index in [0.717, 1.165) is 21.8 Å². The van der Waals surface area contributed by atoms with Crippen LogP contribution in [0.5, 0.6) is 0 Å². The van der Waals surface area contributed by atoms with Crippen LogP contribution in [0.15, 0.2) is 60.1 Å². The van der Waals surface area contributed by atoms with Crippen molar-refractivity contribution in [3.8, 4) is 10.6 Å². The van der Waals surface area contributed by atoms with Crippen molar-refractivity contribution in [3.05, 3.63) is 71.2 Å². The van der Waals surface area contributed by atoms with Gasteiger partial charge in [0.25, 0.3) is 5.91 Å². The number of hydrogen-bond donors (Lipinski definition) is 2. The highest BCUT2D eigenvalue weighted by atomic mass is 32.1. The second-order valence-electron chi connectivity index (χ2n) is 5.48. The van der Waals surface area contributed by atoms with Gasteiger partial charge in [-0.05, 0) is 42.0 Å². The van der Waals surface area contributed by atoms with Crippen LogP contribution in [0.3, 0.4) is 0 Å². The van der Waals surface area contributed by atoms with E-state index in [9.17, 15) is 9.59 Å². The first kappa shape index (κ1) is 16.9. The zero-order valence-electron chi connectivity index (χ0n) is 13.7. The average Bonchev–Trinajstić information content (AvgIpc) is 3.15. The van der Waals surface area contributed by atoms with E-state index in [4.69, 9.17) is 0 Å². The van der Waals surface area contributed by atoms with Crippen LogP contribution >= 0.6 is 11.3 Å². The van der Waals surface area contributed by atoms with Crippen molar-refractivity contribution in [2.75, 3.05) is 5.32 Å². The van der Waals surface area contributed by atoms with Gasteiger partial charge in [-0.15, -0.1) is 11.3 Å². The second kappa shape index (κ2) is 7.72. The summed E-state index contributed by atoms with van der Waals surface area (Å²) >= 11 is 1.57. The Morgan fingerprint density at radius 1 is 1.04 bits per heavy atom. The summed E-state index contributed by atoms with van der Waals surface area (Å²) in [5, 5.41) is 8.48. The summed E-state index contributed by atoms with van der Waals surface area (Å²) in [6, 6.07) is 14.7. The first-order valence-electron chi connectivity index (χ1n) is 7.76. The summed E-state index contributed by atoms with van der Waals surface area (Å²) in [5.41, 5.74) is 3.26. The lowest BCUT2D eigenvalue weighted by molar-refractivity contribution is -0.119. The van der Waals surface area contributed by atoms with Crippen LogP contribution in [0.2, 0.25) is 0 Å². The minimum atomic E-state index is -0.173. The Labute approximate surface area is 149 Å². The van der Waals surface area contributed by atoms with E-state index in [0.29, 0.717) is 12.1 Å². The molecule has 6 heteroatoms. The van der Waals surface area contributed by atoms with E-state index in [2.05, 4.69) is 15.6 Å². The molecule has 0 bridgehead atoms. The van der Waals surface area contributed by atoms with Crippen LogP contribution in [0, 0.1) is 0 Å². The molecule has 0 fully saturated rings. The number of amides is 2. The van der Waals surface area contributed by atoms with Crippen LogP contribution in [0.1, 0.15) is 22.8 Å². The Balaban J connectivity index is 1.62. The number of rotatable bonds is 5. The summed E-state index contributed by atoms with van der Waals surface area (Å²) in [6.07, 6.45) is 1.77. The molecule has 0 radical (unpaired) electrons. The molecule has 1 heterocycles. The third-order valence-corrected chi connectivity index (χ3v) is 4.40. The van der Waals surface area contributed by atoms with Gasteiger partial charge in [-0.1, -0.05) is 12.1 Å². The fraction of sp³-hybridized carbons (Fsp3) is 0.105. The van der Waals surface area contributed by atoms with Crippen molar-refractivity contribution in [2.45, 2.75) is 13.5 Å². The molecule has 0 aliphatic rings. The fourth-order valence-electron chi connectivity index (χ4n) is 2.27. The molecule has 0 saturated heterocycles. The van der Waals surface area contributed by atoms with E-state index < -0.39 is 0 Å². The molecule has 126 valence electrons. The predicted molar refractivity (Wildman–Crippen MR) is 99.5 cm³/mol. The zero-order chi connectivity index (χ0) is 17.6. The number of thiazole rings is 1. The molecular weight excluding hydrogens is 334 g/mol. The smallest absolute Gasteiger partial charge is 0.255 e. The molecule has 2 aromatic carbocycles. The lowest BCUT2D eigenvalue weighted by atomic mass is 10.1. The number of hydrogen-bond acceptors (Lipinski definition) is 4. The highest BCUT2D eigenvalue weighted by Crippen LogP contribution is 2.23. The fourth-order valence-corrected chi connectivity index (χ4v) is 2.91. The molecule has 2 amide bonds. The molecule has 0 spiro atoms. The van der Waals surface area contributed by atoms with E-state index in [1.54, 1.807) is 29.7 Å². The number of carbonyl (C=O) groups excluding carboxylic acids is 2. The minimum absolute atomic E-state index is 0.0805. The number of benzene rings is 2. The number of anilines is 1. The topological polar surface area (TPSA) is 71.1 Å². The molecule has 1 aromatic heterocycles. The van der Waals surface area contributed by atoms with Gasteiger partial charge in [-0.2, -0.15) is 0 Å². The third-order valence-electron chi connectivity index (χ3n) is 3.58. The van der Waals surface area contributed by atoms with Crippen LogP contribution in [-0.2, 0) is 11.3 Å². The lowest BCUT2D eigenvalue weighted by Crippen LogP contribution is -2.19. The van der Waals surface area contributed by atoms with Gasteiger partial charge in [-0.25, -0.2) is 4.98 Å². The average molecular weight is 351 g/mol. The summed E-state index contributed by atoms with van der Waals surface area (Å²) < 4.78 is 0. The van der Waals surface area contributed by atoms with Crippen molar-refractivity contribution in [3.63, 3.8) is 0 Å². The quantitative estimate of drug-likeness (QED) is 0.736. The number of aromatic nitrogens is 1. The van der Waals surface area contributed by atoms with Gasteiger partial charge in [0.1, 0.15) is 5.01 Å². The molecule has 0 aliphatic heterocycles. The van der Waals surface area contributed by atoms with Crippen molar-refractivity contribution >= 4 is 28.8 Å². The minimum Gasteiger partial charge on any atom is -0.352 e. The second-order valence-corrected chi connectivity index (χ2v) is 6.37. The molecule has 0 atom stereocenters. The van der Waals surface area contributed by atoms with E-state index in [1.165, 1.54) is 6.92 Å². The normalized spacial score (nSPS) is 10.3. The van der Waals surface area contributed by atoms with Gasteiger partial charge >= 0.3 is 0 Å². The highest BCUT2D eigenvalue weighted by molar-refractivity contribution is 7.13. The van der Waals surface area contributed by atoms with Gasteiger partial charge in [0.2, 0.25) is 5.91 Å². The Kier molecular flexibility index (Phi) is 5.20. The summed E-state index contributed by atoms with van der Waals surface area (Å²) in [6.45, 7) is 1.93. The van der Waals surface area contributed by atoms with Gasteiger partial charge < -0.3 is 10.6 Å². The number of nitrogens with one attached hydrogen (secondary N) is 2. The maximum absolute atomic E-state index is 12.3. The largest absolute Gasteiger partial charge is 0.352 e.